The van der Waals surface area contributed by atoms with Gasteiger partial charge in [0.05, 0.1) is 13.1 Å². The largest absolute Gasteiger partial charge is 0.381 e. The molecule has 0 aromatic carbocycles. The van der Waals surface area contributed by atoms with Crippen molar-refractivity contribution >= 4 is 17.7 Å². The van der Waals surface area contributed by atoms with Crippen LogP contribution in [0.1, 0.15) is 5.82 Å². The lowest BCUT2D eigenvalue weighted by Crippen LogP contribution is -2.22. The number of guanidine groups is 1. The van der Waals surface area contributed by atoms with Gasteiger partial charge in [0.1, 0.15) is 0 Å². The zero-order valence-electron chi connectivity index (χ0n) is 9.67. The monoisotopic (exact) mass is 265 g/mol. The Balaban J connectivity index is 1.96. The molecule has 0 amide bonds. The lowest BCUT2D eigenvalue weighted by atomic mass is 10.6. The Morgan fingerprint density at radius 1 is 1.05 bits per heavy atom. The topological polar surface area (TPSA) is 201 Å². The third kappa shape index (κ3) is 3.18. The highest BCUT2D eigenvalue weighted by Gasteiger charge is 2.06. The summed E-state index contributed by atoms with van der Waals surface area (Å²) in [6.45, 7) is 0.665. The fraction of sp³-hybridized carbons (Fsp3) is 0.333. The van der Waals surface area contributed by atoms with Crippen LogP contribution in [0.5, 0.6) is 0 Å². The lowest BCUT2D eigenvalue weighted by molar-refractivity contribution is 0.416. The molecule has 0 spiro atoms. The van der Waals surface area contributed by atoms with Crippen molar-refractivity contribution in [1.29, 1.82) is 5.41 Å². The van der Waals surface area contributed by atoms with Gasteiger partial charge in [-0.3, -0.25) is 5.41 Å². The van der Waals surface area contributed by atoms with Gasteiger partial charge in [-0.05, 0) is 10.4 Å². The van der Waals surface area contributed by atoms with Crippen molar-refractivity contribution in [2.75, 3.05) is 0 Å². The molecule has 13 heteroatoms. The molecular weight excluding hydrogens is 254 g/mol. The normalized spacial score (nSPS) is 10.3. The van der Waals surface area contributed by atoms with Gasteiger partial charge in [0.2, 0.25) is 5.82 Å². The predicted octanol–water partition coefficient (Wildman–Crippen LogP) is -3.45. The maximum absolute atomic E-state index is 7.13. The first-order chi connectivity index (χ1) is 9.04. The van der Waals surface area contributed by atoms with Crippen LogP contribution >= 0.6 is 0 Å². The van der Waals surface area contributed by atoms with Crippen LogP contribution in [0.3, 0.4) is 0 Å². The van der Waals surface area contributed by atoms with Crippen LogP contribution in [0, 0.1) is 5.41 Å². The summed E-state index contributed by atoms with van der Waals surface area (Å²) in [6.07, 6.45) is 0. The Kier molecular flexibility index (Phi) is 3.26. The van der Waals surface area contributed by atoms with Gasteiger partial charge in [-0.1, -0.05) is 5.10 Å². The highest BCUT2D eigenvalue weighted by atomic mass is 15.6. The number of hydrogen-bond donors (Lipinski definition) is 4. The standard InChI is InChI=1S/C6H11N13/c7-3(8)4-12-16-18(14-4)1-2-19-15-6(13-17-19)11-5(9)10/h1-2H2,(H3,7,8)(H4,9,10,11,15). The average molecular weight is 265 g/mol. The first-order valence-corrected chi connectivity index (χ1v) is 5.04. The Morgan fingerprint density at radius 3 is 2.26 bits per heavy atom. The van der Waals surface area contributed by atoms with Crippen LogP contribution in [0.15, 0.2) is 4.99 Å². The minimum Gasteiger partial charge on any atom is -0.381 e. The minimum absolute atomic E-state index is 0.0627. The van der Waals surface area contributed by atoms with Gasteiger partial charge < -0.3 is 17.2 Å². The number of nitrogens with two attached hydrogens (primary N) is 3. The molecule has 7 N–H and O–H groups in total. The van der Waals surface area contributed by atoms with E-state index in [9.17, 15) is 0 Å². The fourth-order valence-corrected chi connectivity index (χ4v) is 1.11. The van der Waals surface area contributed by atoms with E-state index < -0.39 is 0 Å². The number of nitrogens with one attached hydrogen (secondary N) is 1. The molecule has 2 aromatic heterocycles. The molecule has 0 bridgehead atoms. The maximum Gasteiger partial charge on any atom is 0.292 e. The number of amidine groups is 1. The van der Waals surface area contributed by atoms with Crippen molar-refractivity contribution < 1.29 is 0 Å². The molecule has 2 aromatic rings. The number of aryl methyl sites for hydroxylation is 2. The lowest BCUT2D eigenvalue weighted by Gasteiger charge is -1.96. The van der Waals surface area contributed by atoms with Gasteiger partial charge in [0.25, 0.3) is 5.95 Å². The van der Waals surface area contributed by atoms with E-state index in [-0.39, 0.29) is 23.6 Å². The number of aliphatic imine (C=N–C) groups is 1. The Bertz CT molecular complexity index is 600. The SMILES string of the molecule is N=C(N)c1nnn(CCn2nnc(N=C(N)N)n2)n1. The summed E-state index contributed by atoms with van der Waals surface area (Å²) in [5, 5.41) is 29.5. The quantitative estimate of drug-likeness (QED) is 0.313. The summed E-state index contributed by atoms with van der Waals surface area (Å²) < 4.78 is 0. The van der Waals surface area contributed by atoms with Crippen LogP contribution in [-0.4, -0.2) is 52.2 Å². The Hall–Kier alpha value is -3.12. The summed E-state index contributed by atoms with van der Waals surface area (Å²) in [5.41, 5.74) is 15.6. The van der Waals surface area contributed by atoms with Crippen LogP contribution in [0.4, 0.5) is 5.95 Å². The second-order valence-electron chi connectivity index (χ2n) is 3.34. The van der Waals surface area contributed by atoms with E-state index in [0.29, 0.717) is 13.1 Å². The first-order valence-electron chi connectivity index (χ1n) is 5.04. The number of hydrogen-bond acceptors (Lipinski definition) is 8. The van der Waals surface area contributed by atoms with Crippen LogP contribution in [-0.2, 0) is 13.1 Å². The third-order valence-electron chi connectivity index (χ3n) is 1.87. The third-order valence-corrected chi connectivity index (χ3v) is 1.87. The molecule has 2 heterocycles. The van der Waals surface area contributed by atoms with Gasteiger partial charge in [-0.15, -0.1) is 15.3 Å². The van der Waals surface area contributed by atoms with Crippen molar-refractivity contribution in [3.8, 4) is 0 Å². The smallest absolute Gasteiger partial charge is 0.292 e. The van der Waals surface area contributed by atoms with Crippen molar-refractivity contribution in [3.05, 3.63) is 5.82 Å². The average Bonchev–Trinajstić information content (AvgIpc) is 2.94. The summed E-state index contributed by atoms with van der Waals surface area (Å²) in [5.74, 6) is -0.271. The molecule has 2 rings (SSSR count). The number of aromatic nitrogens is 8. The fourth-order valence-electron chi connectivity index (χ4n) is 1.11. The van der Waals surface area contributed by atoms with Crippen molar-refractivity contribution in [2.45, 2.75) is 13.1 Å². The molecule has 0 aliphatic heterocycles. The van der Waals surface area contributed by atoms with Gasteiger partial charge in [-0.25, -0.2) is 0 Å². The zero-order chi connectivity index (χ0) is 13.8. The predicted molar refractivity (Wildman–Crippen MR) is 62.1 cm³/mol. The van der Waals surface area contributed by atoms with E-state index in [2.05, 4.69) is 35.8 Å². The van der Waals surface area contributed by atoms with Gasteiger partial charge in [0, 0.05) is 0 Å². The molecule has 13 nitrogen and oxygen atoms in total. The minimum atomic E-state index is -0.250. The molecule has 0 aliphatic rings. The summed E-state index contributed by atoms with van der Waals surface area (Å²) >= 11 is 0. The second-order valence-corrected chi connectivity index (χ2v) is 3.34. The number of nitrogens with zero attached hydrogens (tertiary/aromatic N) is 9. The molecule has 0 atom stereocenters. The van der Waals surface area contributed by atoms with Crippen LogP contribution < -0.4 is 17.2 Å². The molecule has 0 radical (unpaired) electrons. The molecule has 0 fully saturated rings. The highest BCUT2D eigenvalue weighted by Crippen LogP contribution is 1.97. The molecule has 19 heavy (non-hydrogen) atoms. The van der Waals surface area contributed by atoms with E-state index in [4.69, 9.17) is 22.6 Å². The van der Waals surface area contributed by atoms with Gasteiger partial charge in [-0.2, -0.15) is 14.6 Å². The first kappa shape index (κ1) is 12.3. The number of tetrazole rings is 2. The summed E-state index contributed by atoms with van der Waals surface area (Å²) in [7, 11) is 0. The van der Waals surface area contributed by atoms with Crippen molar-refractivity contribution in [3.63, 3.8) is 0 Å². The highest BCUT2D eigenvalue weighted by molar-refractivity contribution is 5.90. The Morgan fingerprint density at radius 2 is 1.68 bits per heavy atom. The van der Waals surface area contributed by atoms with Crippen molar-refractivity contribution in [2.24, 2.45) is 22.2 Å². The summed E-state index contributed by atoms with van der Waals surface area (Å²) in [6, 6.07) is 0. The molecule has 0 saturated carbocycles. The summed E-state index contributed by atoms with van der Waals surface area (Å²) in [4.78, 5) is 6.17. The van der Waals surface area contributed by atoms with E-state index >= 15 is 0 Å². The zero-order valence-corrected chi connectivity index (χ0v) is 9.67. The van der Waals surface area contributed by atoms with E-state index in [0.717, 1.165) is 0 Å². The molecule has 100 valence electrons. The number of nitrogen functional groups attached to an aromatic ring is 1. The molecule has 0 unspecified atom stereocenters. The maximum atomic E-state index is 7.13. The second kappa shape index (κ2) is 5.03. The molecule has 0 aliphatic carbocycles. The van der Waals surface area contributed by atoms with Crippen LogP contribution in [0.2, 0.25) is 0 Å². The van der Waals surface area contributed by atoms with E-state index in [1.165, 1.54) is 9.59 Å². The van der Waals surface area contributed by atoms with Gasteiger partial charge >= 0.3 is 0 Å². The molecule has 0 saturated heterocycles. The van der Waals surface area contributed by atoms with E-state index in [1.807, 2.05) is 0 Å². The Labute approximate surface area is 106 Å². The number of rotatable bonds is 5. The van der Waals surface area contributed by atoms with E-state index in [1.54, 1.807) is 0 Å². The van der Waals surface area contributed by atoms with Crippen molar-refractivity contribution in [1.82, 2.24) is 40.4 Å². The van der Waals surface area contributed by atoms with Gasteiger partial charge in [0.15, 0.2) is 11.8 Å². The van der Waals surface area contributed by atoms with Crippen LogP contribution in [0.25, 0.3) is 0 Å². The molecular formula is C6H11N13.